The molecule has 2 aromatic rings. The lowest BCUT2D eigenvalue weighted by molar-refractivity contribution is -0.144. The van der Waals surface area contributed by atoms with E-state index < -0.39 is 32.0 Å². The van der Waals surface area contributed by atoms with Crippen LogP contribution in [0.15, 0.2) is 48.5 Å². The van der Waals surface area contributed by atoms with Gasteiger partial charge in [0.05, 0.1) is 7.11 Å². The Morgan fingerprint density at radius 2 is 1.20 bits per heavy atom. The summed E-state index contributed by atoms with van der Waals surface area (Å²) in [7, 11) is 0.520. The van der Waals surface area contributed by atoms with Crippen LogP contribution in [0.1, 0.15) is 6.42 Å². The number of ether oxygens (including phenoxy) is 3. The molecule has 9 heteroatoms. The smallest absolute Gasteiger partial charge is 0.497 e. The summed E-state index contributed by atoms with van der Waals surface area (Å²) in [5.74, 6) is -0.916. The van der Waals surface area contributed by atoms with Crippen molar-refractivity contribution < 1.29 is 36.8 Å². The summed E-state index contributed by atoms with van der Waals surface area (Å²) in [5, 5.41) is 0. The fourth-order valence-corrected chi connectivity index (χ4v) is 1.60. The van der Waals surface area contributed by atoms with Crippen molar-refractivity contribution in [3.05, 3.63) is 54.3 Å². The molecule has 0 saturated heterocycles. The van der Waals surface area contributed by atoms with Gasteiger partial charge in [-0.1, -0.05) is 0 Å². The van der Waals surface area contributed by atoms with Gasteiger partial charge in [0.15, 0.2) is 0 Å². The zero-order chi connectivity index (χ0) is 18.7. The molecular weight excluding hydrogens is 340 g/mol. The molecule has 0 amide bonds. The first-order valence-electron chi connectivity index (χ1n) is 6.81. The topological polar surface area (TPSA) is 61.8 Å². The number of rotatable bonds is 5. The Hall–Kier alpha value is -2.97. The Morgan fingerprint density at radius 3 is 1.60 bits per heavy atom. The predicted molar refractivity (Wildman–Crippen MR) is 83.3 cm³/mol. The molecule has 0 unspecified atom stereocenters. The second-order valence-corrected chi connectivity index (χ2v) is 4.34. The maximum Gasteiger partial charge on any atom is 0.577 e. The molecule has 0 aliphatic rings. The Balaban J connectivity index is 0.000000970. The molecular formula is C16H13BF3O5. The van der Waals surface area contributed by atoms with Gasteiger partial charge in [-0.25, -0.2) is 4.39 Å². The standard InChI is InChI=1S/C16H13FO5.BF2/c1-20-12-6-8-14(9-7-12)22-16(19)10-15(18)21-13-4-2-11(17)3-5-13;2-1-3/h2-9H,10H2,1H3;. The zero-order valence-electron chi connectivity index (χ0n) is 13.1. The molecule has 1 radical (unpaired) electrons. The van der Waals surface area contributed by atoms with E-state index >= 15 is 0 Å². The van der Waals surface area contributed by atoms with Crippen LogP contribution in [0.2, 0.25) is 0 Å². The molecule has 0 aliphatic heterocycles. The average molecular weight is 353 g/mol. The highest BCUT2D eigenvalue weighted by Gasteiger charge is 2.14. The number of esters is 2. The zero-order valence-corrected chi connectivity index (χ0v) is 13.1. The molecule has 25 heavy (non-hydrogen) atoms. The number of halogens is 3. The molecule has 2 aromatic carbocycles. The van der Waals surface area contributed by atoms with E-state index in [-0.39, 0.29) is 5.75 Å². The van der Waals surface area contributed by atoms with Gasteiger partial charge in [-0.15, -0.1) is 0 Å². The predicted octanol–water partition coefficient (Wildman–Crippen LogP) is 3.20. The number of benzene rings is 2. The van der Waals surface area contributed by atoms with E-state index in [2.05, 4.69) is 0 Å². The van der Waals surface area contributed by atoms with E-state index in [1.54, 1.807) is 24.3 Å². The molecule has 0 spiro atoms. The fraction of sp³-hybridized carbons (Fsp3) is 0.125. The second-order valence-electron chi connectivity index (χ2n) is 4.34. The summed E-state index contributed by atoms with van der Waals surface area (Å²) in [4.78, 5) is 23.2. The molecule has 0 aliphatic carbocycles. The van der Waals surface area contributed by atoms with Crippen LogP contribution >= 0.6 is 0 Å². The van der Waals surface area contributed by atoms with Crippen molar-refractivity contribution in [3.63, 3.8) is 0 Å². The number of hydrogen-bond donors (Lipinski definition) is 0. The minimum atomic E-state index is -1.00. The molecule has 0 fully saturated rings. The fourth-order valence-electron chi connectivity index (χ4n) is 1.60. The molecule has 0 atom stereocenters. The van der Waals surface area contributed by atoms with Gasteiger partial charge >= 0.3 is 19.8 Å². The molecule has 0 heterocycles. The Labute approximate surface area is 142 Å². The first kappa shape index (κ1) is 20.1. The van der Waals surface area contributed by atoms with Gasteiger partial charge in [-0.05, 0) is 48.5 Å². The lowest BCUT2D eigenvalue weighted by Crippen LogP contribution is -2.18. The molecule has 0 bridgehead atoms. The third kappa shape index (κ3) is 7.91. The van der Waals surface area contributed by atoms with Crippen LogP contribution < -0.4 is 14.2 Å². The van der Waals surface area contributed by atoms with Crippen LogP contribution in [-0.4, -0.2) is 26.9 Å². The number of hydrogen-bond acceptors (Lipinski definition) is 5. The van der Waals surface area contributed by atoms with E-state index in [4.69, 9.17) is 14.2 Å². The highest BCUT2D eigenvalue weighted by Crippen LogP contribution is 2.17. The normalized spacial score (nSPS) is 9.28. The van der Waals surface area contributed by atoms with Gasteiger partial charge in [0.25, 0.3) is 0 Å². The summed E-state index contributed by atoms with van der Waals surface area (Å²) in [6.07, 6.45) is -0.552. The van der Waals surface area contributed by atoms with Crippen molar-refractivity contribution in [2.24, 2.45) is 0 Å². The lowest BCUT2D eigenvalue weighted by Gasteiger charge is -2.06. The summed E-state index contributed by atoms with van der Waals surface area (Å²) < 4.78 is 46.6. The van der Waals surface area contributed by atoms with Crippen LogP contribution in [-0.2, 0) is 9.59 Å². The van der Waals surface area contributed by atoms with Gasteiger partial charge in [0.2, 0.25) is 0 Å². The number of carbonyl (C=O) groups excluding carboxylic acids is 2. The second kappa shape index (κ2) is 10.7. The van der Waals surface area contributed by atoms with Crippen molar-refractivity contribution in [2.45, 2.75) is 6.42 Å². The van der Waals surface area contributed by atoms with Crippen molar-refractivity contribution in [2.75, 3.05) is 7.11 Å². The molecule has 131 valence electrons. The van der Waals surface area contributed by atoms with Gasteiger partial charge < -0.3 is 14.2 Å². The monoisotopic (exact) mass is 353 g/mol. The van der Waals surface area contributed by atoms with Gasteiger partial charge in [0, 0.05) is 0 Å². The Bertz CT molecular complexity index is 677. The Morgan fingerprint density at radius 1 is 0.840 bits per heavy atom. The van der Waals surface area contributed by atoms with Gasteiger partial charge in [0.1, 0.15) is 29.5 Å². The van der Waals surface area contributed by atoms with Crippen molar-refractivity contribution in [1.82, 2.24) is 0 Å². The number of methoxy groups -OCH3 is 1. The third-order valence-electron chi connectivity index (χ3n) is 2.63. The minimum Gasteiger partial charge on any atom is -0.497 e. The van der Waals surface area contributed by atoms with E-state index in [1.807, 2.05) is 0 Å². The first-order chi connectivity index (χ1) is 12.0. The number of carbonyl (C=O) groups is 2. The summed E-state index contributed by atoms with van der Waals surface area (Å²) in [5.41, 5.74) is 0. The summed E-state index contributed by atoms with van der Waals surface area (Å²) in [6.45, 7) is 0. The summed E-state index contributed by atoms with van der Waals surface area (Å²) >= 11 is 0. The van der Waals surface area contributed by atoms with Crippen molar-refractivity contribution in [3.8, 4) is 17.2 Å². The first-order valence-corrected chi connectivity index (χ1v) is 6.81. The quantitative estimate of drug-likeness (QED) is 0.358. The average Bonchev–Trinajstić information content (AvgIpc) is 2.58. The van der Waals surface area contributed by atoms with Crippen LogP contribution in [0, 0.1) is 5.82 Å². The highest BCUT2D eigenvalue weighted by atomic mass is 19.2. The maximum absolute atomic E-state index is 12.7. The molecule has 0 aromatic heterocycles. The molecule has 0 N–H and O–H groups in total. The lowest BCUT2D eigenvalue weighted by atomic mass is 10.3. The van der Waals surface area contributed by atoms with E-state index in [0.717, 1.165) is 12.1 Å². The van der Waals surface area contributed by atoms with Crippen molar-refractivity contribution >= 4 is 19.8 Å². The maximum atomic E-state index is 12.7. The largest absolute Gasteiger partial charge is 0.577 e. The molecule has 2 rings (SSSR count). The summed E-state index contributed by atoms with van der Waals surface area (Å²) in [6, 6.07) is 11.2. The van der Waals surface area contributed by atoms with Gasteiger partial charge in [-0.3, -0.25) is 18.2 Å². The van der Waals surface area contributed by atoms with E-state index in [9.17, 15) is 22.6 Å². The van der Waals surface area contributed by atoms with Crippen LogP contribution in [0.3, 0.4) is 0 Å². The van der Waals surface area contributed by atoms with Gasteiger partial charge in [-0.2, -0.15) is 0 Å². The van der Waals surface area contributed by atoms with Crippen molar-refractivity contribution in [1.29, 1.82) is 0 Å². The third-order valence-corrected chi connectivity index (χ3v) is 2.63. The molecule has 5 nitrogen and oxygen atoms in total. The minimum absolute atomic E-state index is 0.156. The van der Waals surface area contributed by atoms with Crippen LogP contribution in [0.25, 0.3) is 0 Å². The van der Waals surface area contributed by atoms with E-state index in [1.165, 1.54) is 19.2 Å². The van der Waals surface area contributed by atoms with Crippen LogP contribution in [0.5, 0.6) is 17.2 Å². The van der Waals surface area contributed by atoms with E-state index in [0.29, 0.717) is 11.5 Å². The SMILES string of the molecule is COc1ccc(OC(=O)CC(=O)Oc2ccc(F)cc2)cc1.F[B]F. The van der Waals surface area contributed by atoms with Crippen LogP contribution in [0.4, 0.5) is 13.0 Å². The molecule has 0 saturated carbocycles. The highest BCUT2D eigenvalue weighted by molar-refractivity contribution is 6.15. The Kier molecular flexibility index (Phi) is 8.63.